The van der Waals surface area contributed by atoms with Gasteiger partial charge in [-0.05, 0) is 72.6 Å². The van der Waals surface area contributed by atoms with Crippen molar-refractivity contribution in [2.45, 2.75) is 18.9 Å². The molecule has 47 heavy (non-hydrogen) atoms. The highest BCUT2D eigenvalue weighted by Gasteiger charge is 2.21. The second kappa shape index (κ2) is 16.3. The monoisotopic (exact) mass is 630 g/mol. The van der Waals surface area contributed by atoms with Crippen molar-refractivity contribution in [1.82, 2.24) is 0 Å². The average Bonchev–Trinajstić information content (AvgIpc) is 3.10. The van der Waals surface area contributed by atoms with E-state index in [1.807, 2.05) is 36.4 Å². The van der Waals surface area contributed by atoms with Crippen LogP contribution in [-0.4, -0.2) is 42.2 Å². The summed E-state index contributed by atoms with van der Waals surface area (Å²) < 4.78 is 17.0. The van der Waals surface area contributed by atoms with Gasteiger partial charge in [-0.1, -0.05) is 72.8 Å². The van der Waals surface area contributed by atoms with E-state index in [0.29, 0.717) is 53.6 Å². The van der Waals surface area contributed by atoms with Gasteiger partial charge in [-0.15, -0.1) is 0 Å². The lowest BCUT2D eigenvalue weighted by Crippen LogP contribution is -2.31. The minimum absolute atomic E-state index is 0.189. The van der Waals surface area contributed by atoms with E-state index >= 15 is 0 Å². The van der Waals surface area contributed by atoms with E-state index < -0.39 is 23.9 Å². The number of hydrogen-bond acceptors (Lipinski definition) is 8. The second-order valence-corrected chi connectivity index (χ2v) is 10.5. The van der Waals surface area contributed by atoms with E-state index in [1.165, 1.54) is 0 Å². The summed E-state index contributed by atoms with van der Waals surface area (Å²) in [5.74, 6) is -0.660. The van der Waals surface area contributed by atoms with Gasteiger partial charge in [0.1, 0.15) is 11.8 Å². The van der Waals surface area contributed by atoms with Crippen LogP contribution in [-0.2, 0) is 11.2 Å². The SMILES string of the molecule is O=C(Oc1ccccc1NCCCOc1ccc(CC(Nc2ccccc2OC(=O)c2ccccc2)C(=O)O)cc1)c1ccccc1. The molecule has 0 aliphatic carbocycles. The van der Waals surface area contributed by atoms with E-state index in [4.69, 9.17) is 14.2 Å². The van der Waals surface area contributed by atoms with Crippen molar-refractivity contribution in [3.63, 3.8) is 0 Å². The fourth-order valence-corrected chi connectivity index (χ4v) is 4.67. The molecule has 9 nitrogen and oxygen atoms in total. The Kier molecular flexibility index (Phi) is 11.2. The molecular formula is C38H34N2O7. The van der Waals surface area contributed by atoms with Crippen LogP contribution in [0.1, 0.15) is 32.7 Å². The summed E-state index contributed by atoms with van der Waals surface area (Å²) in [5.41, 5.74) is 2.76. The van der Waals surface area contributed by atoms with Crippen LogP contribution in [0.2, 0.25) is 0 Å². The number of aliphatic carboxylic acids is 1. The molecule has 0 fully saturated rings. The third kappa shape index (κ3) is 9.45. The molecule has 0 aliphatic rings. The zero-order valence-electron chi connectivity index (χ0n) is 25.5. The van der Waals surface area contributed by atoms with E-state index in [2.05, 4.69) is 10.6 Å². The summed E-state index contributed by atoms with van der Waals surface area (Å²) in [4.78, 5) is 37.2. The molecule has 238 valence electrons. The average molecular weight is 631 g/mol. The Morgan fingerprint density at radius 1 is 0.617 bits per heavy atom. The summed E-state index contributed by atoms with van der Waals surface area (Å²) >= 11 is 0. The number of benzene rings is 5. The predicted molar refractivity (Wildman–Crippen MR) is 179 cm³/mol. The van der Waals surface area contributed by atoms with Gasteiger partial charge in [0.05, 0.1) is 29.1 Å². The van der Waals surface area contributed by atoms with Gasteiger partial charge in [-0.3, -0.25) is 0 Å². The third-order valence-corrected chi connectivity index (χ3v) is 7.09. The number of rotatable bonds is 15. The van der Waals surface area contributed by atoms with E-state index in [-0.39, 0.29) is 12.2 Å². The molecule has 0 bridgehead atoms. The normalized spacial score (nSPS) is 11.1. The topological polar surface area (TPSA) is 123 Å². The standard InChI is InChI=1S/C38H34N2O7/c41-36(42)33(40-32-17-8-10-19-35(32)47-38(44)29-14-5-2-6-15-29)26-27-20-22-30(23-21-27)45-25-11-24-39-31-16-7-9-18-34(31)46-37(43)28-12-3-1-4-13-28/h1-10,12-23,33,39-40H,11,24-26H2,(H,41,42). The highest BCUT2D eigenvalue weighted by Crippen LogP contribution is 2.27. The van der Waals surface area contributed by atoms with Crippen molar-refractivity contribution in [3.8, 4) is 17.2 Å². The van der Waals surface area contributed by atoms with E-state index in [1.54, 1.807) is 97.1 Å². The molecule has 3 N–H and O–H groups in total. The number of ether oxygens (including phenoxy) is 3. The third-order valence-electron chi connectivity index (χ3n) is 7.09. The molecule has 0 heterocycles. The van der Waals surface area contributed by atoms with Crippen LogP contribution >= 0.6 is 0 Å². The highest BCUT2D eigenvalue weighted by atomic mass is 16.5. The summed E-state index contributed by atoms with van der Waals surface area (Å²) in [6, 6.07) is 37.7. The Hall–Kier alpha value is -6.09. The maximum absolute atomic E-state index is 12.6. The molecule has 0 amide bonds. The van der Waals surface area contributed by atoms with Gasteiger partial charge < -0.3 is 30.0 Å². The first-order chi connectivity index (χ1) is 23.0. The first-order valence-corrected chi connectivity index (χ1v) is 15.1. The molecule has 9 heteroatoms. The number of nitrogens with one attached hydrogen (secondary N) is 2. The lowest BCUT2D eigenvalue weighted by atomic mass is 10.1. The molecule has 5 aromatic carbocycles. The van der Waals surface area contributed by atoms with Gasteiger partial charge in [0, 0.05) is 13.0 Å². The van der Waals surface area contributed by atoms with Gasteiger partial charge >= 0.3 is 17.9 Å². The number of hydrogen-bond donors (Lipinski definition) is 3. The molecule has 0 radical (unpaired) electrons. The van der Waals surface area contributed by atoms with E-state index in [0.717, 1.165) is 5.56 Å². The van der Waals surface area contributed by atoms with Crippen molar-refractivity contribution in [1.29, 1.82) is 0 Å². The van der Waals surface area contributed by atoms with Crippen LogP contribution in [0.5, 0.6) is 17.2 Å². The van der Waals surface area contributed by atoms with Crippen LogP contribution in [0.15, 0.2) is 133 Å². The van der Waals surface area contributed by atoms with Crippen LogP contribution in [0.4, 0.5) is 11.4 Å². The molecule has 0 saturated heterocycles. The number of esters is 2. The number of carbonyl (C=O) groups excluding carboxylic acids is 2. The zero-order valence-corrected chi connectivity index (χ0v) is 25.5. The summed E-state index contributed by atoms with van der Waals surface area (Å²) in [7, 11) is 0. The fourth-order valence-electron chi connectivity index (χ4n) is 4.67. The number of anilines is 2. The molecule has 0 spiro atoms. The Bertz CT molecular complexity index is 1780. The minimum atomic E-state index is -1.04. The molecule has 1 unspecified atom stereocenters. The van der Waals surface area contributed by atoms with Crippen LogP contribution < -0.4 is 24.8 Å². The quantitative estimate of drug-likeness (QED) is 0.0631. The Morgan fingerprint density at radius 2 is 1.13 bits per heavy atom. The molecule has 5 rings (SSSR count). The molecule has 0 saturated carbocycles. The maximum Gasteiger partial charge on any atom is 0.343 e. The first-order valence-electron chi connectivity index (χ1n) is 15.1. The number of para-hydroxylation sites is 4. The van der Waals surface area contributed by atoms with Gasteiger partial charge in [0.2, 0.25) is 0 Å². The minimum Gasteiger partial charge on any atom is -0.494 e. The molecular weight excluding hydrogens is 596 g/mol. The van der Waals surface area contributed by atoms with Crippen molar-refractivity contribution < 1.29 is 33.7 Å². The molecule has 1 atom stereocenters. The molecule has 0 aromatic heterocycles. The van der Waals surface area contributed by atoms with Crippen LogP contribution in [0, 0.1) is 0 Å². The predicted octanol–water partition coefficient (Wildman–Crippen LogP) is 7.11. The fraction of sp³-hybridized carbons (Fsp3) is 0.132. The van der Waals surface area contributed by atoms with Crippen molar-refractivity contribution >= 4 is 29.3 Å². The summed E-state index contributed by atoms with van der Waals surface area (Å²) in [5, 5.41) is 16.2. The largest absolute Gasteiger partial charge is 0.494 e. The second-order valence-electron chi connectivity index (χ2n) is 10.5. The van der Waals surface area contributed by atoms with Crippen molar-refractivity contribution in [2.75, 3.05) is 23.8 Å². The van der Waals surface area contributed by atoms with Crippen molar-refractivity contribution in [3.05, 3.63) is 150 Å². The van der Waals surface area contributed by atoms with Crippen LogP contribution in [0.25, 0.3) is 0 Å². The van der Waals surface area contributed by atoms with Gasteiger partial charge in [-0.2, -0.15) is 0 Å². The number of carboxylic acids is 1. The first kappa shape index (κ1) is 32.3. The summed E-state index contributed by atoms with van der Waals surface area (Å²) in [6.45, 7) is 1.03. The Morgan fingerprint density at radius 3 is 1.70 bits per heavy atom. The number of carboxylic acid groups (broad SMARTS) is 1. The van der Waals surface area contributed by atoms with Crippen LogP contribution in [0.3, 0.4) is 0 Å². The number of carbonyl (C=O) groups is 3. The highest BCUT2D eigenvalue weighted by molar-refractivity contribution is 5.92. The lowest BCUT2D eigenvalue weighted by Gasteiger charge is -2.18. The van der Waals surface area contributed by atoms with Gasteiger partial charge in [-0.25, -0.2) is 14.4 Å². The van der Waals surface area contributed by atoms with E-state index in [9.17, 15) is 19.5 Å². The maximum atomic E-state index is 12.6. The smallest absolute Gasteiger partial charge is 0.343 e. The molecule has 5 aromatic rings. The van der Waals surface area contributed by atoms with Gasteiger partial charge in [0.15, 0.2) is 11.5 Å². The zero-order chi connectivity index (χ0) is 32.8. The van der Waals surface area contributed by atoms with Gasteiger partial charge in [0.25, 0.3) is 0 Å². The van der Waals surface area contributed by atoms with Crippen molar-refractivity contribution in [2.24, 2.45) is 0 Å². The Balaban J connectivity index is 1.09. The molecule has 0 aliphatic heterocycles. The summed E-state index contributed by atoms with van der Waals surface area (Å²) in [6.07, 6.45) is 0.872. The Labute approximate surface area is 272 Å². The lowest BCUT2D eigenvalue weighted by molar-refractivity contribution is -0.137.